The van der Waals surface area contributed by atoms with E-state index >= 15 is 0 Å². The Morgan fingerprint density at radius 3 is 2.20 bits per heavy atom. The third kappa shape index (κ3) is 3.55. The molecular weight excluding hydrogens is 384 g/mol. The van der Waals surface area contributed by atoms with Crippen LogP contribution in [0.2, 0.25) is 0 Å². The van der Waals surface area contributed by atoms with Crippen LogP contribution in [0.5, 0.6) is 11.5 Å². The molecule has 0 saturated carbocycles. The summed E-state index contributed by atoms with van der Waals surface area (Å²) in [4.78, 5) is 0. The maximum absolute atomic E-state index is 5.85. The average molecular weight is 400 g/mol. The summed E-state index contributed by atoms with van der Waals surface area (Å²) in [5, 5.41) is 0. The minimum atomic E-state index is 0.531. The summed E-state index contributed by atoms with van der Waals surface area (Å²) >= 11 is 7.04. The van der Waals surface area contributed by atoms with Crippen LogP contribution in [-0.2, 0) is 6.61 Å². The van der Waals surface area contributed by atoms with Crippen LogP contribution in [0.15, 0.2) is 39.3 Å². The molecule has 0 heterocycles. The maximum atomic E-state index is 5.85. The van der Waals surface area contributed by atoms with Gasteiger partial charge in [0, 0.05) is 4.47 Å². The van der Waals surface area contributed by atoms with Crippen LogP contribution < -0.4 is 9.47 Å². The van der Waals surface area contributed by atoms with Gasteiger partial charge in [-0.3, -0.25) is 0 Å². The number of ether oxygens (including phenoxy) is 2. The van der Waals surface area contributed by atoms with Gasteiger partial charge in [-0.15, -0.1) is 0 Å². The highest BCUT2D eigenvalue weighted by atomic mass is 79.9. The van der Waals surface area contributed by atoms with E-state index in [-0.39, 0.29) is 0 Å². The molecule has 0 bridgehead atoms. The Balaban J connectivity index is 2.11. The van der Waals surface area contributed by atoms with E-state index in [2.05, 4.69) is 45.7 Å². The molecule has 2 nitrogen and oxygen atoms in total. The minimum absolute atomic E-state index is 0.531. The largest absolute Gasteiger partial charge is 0.496 e. The Kier molecular flexibility index (Phi) is 5.11. The van der Waals surface area contributed by atoms with Crippen LogP contribution in [0, 0.1) is 13.8 Å². The molecule has 20 heavy (non-hydrogen) atoms. The summed E-state index contributed by atoms with van der Waals surface area (Å²) in [5.74, 6) is 1.71. The Bertz CT molecular complexity index is 601. The van der Waals surface area contributed by atoms with Gasteiger partial charge >= 0.3 is 0 Å². The van der Waals surface area contributed by atoms with Crippen molar-refractivity contribution >= 4 is 31.9 Å². The van der Waals surface area contributed by atoms with Crippen molar-refractivity contribution in [3.05, 3.63) is 56.0 Å². The van der Waals surface area contributed by atoms with E-state index in [1.165, 1.54) is 11.1 Å². The van der Waals surface area contributed by atoms with E-state index in [0.29, 0.717) is 6.61 Å². The van der Waals surface area contributed by atoms with Crippen LogP contribution in [0.1, 0.15) is 16.7 Å². The second-order valence-corrected chi connectivity index (χ2v) is 6.28. The number of hydrogen-bond acceptors (Lipinski definition) is 2. The average Bonchev–Trinajstić information content (AvgIpc) is 2.42. The summed E-state index contributed by atoms with van der Waals surface area (Å²) in [5.41, 5.74) is 3.45. The fourth-order valence-corrected chi connectivity index (χ4v) is 2.77. The van der Waals surface area contributed by atoms with Gasteiger partial charge in [0.1, 0.15) is 18.1 Å². The van der Waals surface area contributed by atoms with Gasteiger partial charge in [-0.25, -0.2) is 0 Å². The Morgan fingerprint density at radius 1 is 1.00 bits per heavy atom. The van der Waals surface area contributed by atoms with Gasteiger partial charge in [-0.1, -0.05) is 22.0 Å². The number of aryl methyl sites for hydroxylation is 2. The second-order valence-electron chi connectivity index (χ2n) is 4.63. The first kappa shape index (κ1) is 15.4. The van der Waals surface area contributed by atoms with Crippen LogP contribution in [0.25, 0.3) is 0 Å². The van der Waals surface area contributed by atoms with Crippen molar-refractivity contribution < 1.29 is 9.47 Å². The molecule has 0 unspecified atom stereocenters. The van der Waals surface area contributed by atoms with E-state index < -0.39 is 0 Å². The van der Waals surface area contributed by atoms with Crippen molar-refractivity contribution in [2.75, 3.05) is 7.11 Å². The van der Waals surface area contributed by atoms with Gasteiger partial charge in [0.15, 0.2) is 0 Å². The zero-order valence-electron chi connectivity index (χ0n) is 11.7. The molecule has 0 N–H and O–H groups in total. The first-order valence-electron chi connectivity index (χ1n) is 6.23. The number of benzene rings is 2. The van der Waals surface area contributed by atoms with Crippen molar-refractivity contribution in [1.29, 1.82) is 0 Å². The van der Waals surface area contributed by atoms with Crippen LogP contribution >= 0.6 is 31.9 Å². The fraction of sp³-hybridized carbons (Fsp3) is 0.250. The number of hydrogen-bond donors (Lipinski definition) is 0. The number of methoxy groups -OCH3 is 1. The predicted octanol–water partition coefficient (Wildman–Crippen LogP) is 5.42. The number of rotatable bonds is 4. The van der Waals surface area contributed by atoms with Gasteiger partial charge in [0.05, 0.1) is 11.6 Å². The summed E-state index contributed by atoms with van der Waals surface area (Å²) in [7, 11) is 1.66. The lowest BCUT2D eigenvalue weighted by Gasteiger charge is -2.11. The molecule has 2 rings (SSSR count). The fourth-order valence-electron chi connectivity index (χ4n) is 1.96. The quantitative estimate of drug-likeness (QED) is 0.683. The second kappa shape index (κ2) is 6.64. The highest BCUT2D eigenvalue weighted by Gasteiger charge is 2.05. The SMILES string of the molecule is COc1ccc(COc2cc(C)c(Br)c(C)c2)cc1Br. The van der Waals surface area contributed by atoms with Gasteiger partial charge in [-0.2, -0.15) is 0 Å². The Morgan fingerprint density at radius 2 is 1.65 bits per heavy atom. The first-order valence-corrected chi connectivity index (χ1v) is 7.82. The lowest BCUT2D eigenvalue weighted by molar-refractivity contribution is 0.305. The van der Waals surface area contributed by atoms with E-state index in [4.69, 9.17) is 9.47 Å². The molecule has 106 valence electrons. The molecule has 0 aromatic heterocycles. The zero-order chi connectivity index (χ0) is 14.7. The highest BCUT2D eigenvalue weighted by Crippen LogP contribution is 2.28. The molecule has 2 aromatic carbocycles. The lowest BCUT2D eigenvalue weighted by atomic mass is 10.1. The van der Waals surface area contributed by atoms with Gasteiger partial charge in [0.25, 0.3) is 0 Å². The van der Waals surface area contributed by atoms with Crippen molar-refractivity contribution in [2.24, 2.45) is 0 Å². The van der Waals surface area contributed by atoms with E-state index in [0.717, 1.165) is 26.0 Å². The maximum Gasteiger partial charge on any atom is 0.133 e. The summed E-state index contributed by atoms with van der Waals surface area (Å²) in [6.07, 6.45) is 0. The molecule has 0 spiro atoms. The first-order chi connectivity index (χ1) is 9.51. The molecule has 0 radical (unpaired) electrons. The highest BCUT2D eigenvalue weighted by molar-refractivity contribution is 9.10. The monoisotopic (exact) mass is 398 g/mol. The molecular formula is C16H16Br2O2. The molecule has 0 atom stereocenters. The van der Waals surface area contributed by atoms with Gasteiger partial charge in [-0.05, 0) is 70.7 Å². The topological polar surface area (TPSA) is 18.5 Å². The predicted molar refractivity (Wildman–Crippen MR) is 88.6 cm³/mol. The van der Waals surface area contributed by atoms with Crippen LogP contribution in [0.4, 0.5) is 0 Å². The third-order valence-electron chi connectivity index (χ3n) is 3.03. The lowest BCUT2D eigenvalue weighted by Crippen LogP contribution is -1.97. The Hall–Kier alpha value is -1.000. The van der Waals surface area contributed by atoms with Crippen molar-refractivity contribution in [3.63, 3.8) is 0 Å². The molecule has 2 aromatic rings. The minimum Gasteiger partial charge on any atom is -0.496 e. The standard InChI is InChI=1S/C16H16Br2O2/c1-10-6-13(7-11(2)16(10)18)20-9-12-4-5-15(19-3)14(17)8-12/h4-8H,9H2,1-3H3. The summed E-state index contributed by atoms with van der Waals surface area (Å²) in [6.45, 7) is 4.66. The van der Waals surface area contributed by atoms with Crippen LogP contribution in [0.3, 0.4) is 0 Å². The Labute approximate surface area is 136 Å². The van der Waals surface area contributed by atoms with Gasteiger partial charge < -0.3 is 9.47 Å². The molecule has 0 fully saturated rings. The summed E-state index contributed by atoms with van der Waals surface area (Å²) < 4.78 is 13.1. The molecule has 0 amide bonds. The molecule has 0 aliphatic rings. The van der Waals surface area contributed by atoms with E-state index in [1.54, 1.807) is 7.11 Å². The normalized spacial score (nSPS) is 10.4. The summed E-state index contributed by atoms with van der Waals surface area (Å²) in [6, 6.07) is 10.0. The molecule has 4 heteroatoms. The third-order valence-corrected chi connectivity index (χ3v) is 4.90. The van der Waals surface area contributed by atoms with Crippen molar-refractivity contribution in [2.45, 2.75) is 20.5 Å². The van der Waals surface area contributed by atoms with E-state index in [9.17, 15) is 0 Å². The molecule has 0 saturated heterocycles. The van der Waals surface area contributed by atoms with Crippen molar-refractivity contribution in [1.82, 2.24) is 0 Å². The van der Waals surface area contributed by atoms with Crippen LogP contribution in [-0.4, -0.2) is 7.11 Å². The van der Waals surface area contributed by atoms with E-state index in [1.807, 2.05) is 30.3 Å². The zero-order valence-corrected chi connectivity index (χ0v) is 14.8. The van der Waals surface area contributed by atoms with Gasteiger partial charge in [0.2, 0.25) is 0 Å². The smallest absolute Gasteiger partial charge is 0.133 e. The van der Waals surface area contributed by atoms with Crippen molar-refractivity contribution in [3.8, 4) is 11.5 Å². The molecule has 0 aliphatic heterocycles. The molecule has 0 aliphatic carbocycles. The number of halogens is 2.